The van der Waals surface area contributed by atoms with Gasteiger partial charge in [0, 0.05) is 25.7 Å². The molecule has 1 amide bonds. The van der Waals surface area contributed by atoms with Crippen molar-refractivity contribution in [3.05, 3.63) is 0 Å². The number of likely N-dealkylation sites (tertiary alicyclic amines) is 1. The quantitative estimate of drug-likeness (QED) is 0.696. The number of amides is 1. The molecule has 1 aliphatic rings. The van der Waals surface area contributed by atoms with Crippen LogP contribution in [0.15, 0.2) is 0 Å². The van der Waals surface area contributed by atoms with Crippen molar-refractivity contribution in [1.29, 1.82) is 0 Å². The Labute approximate surface area is 117 Å². The fraction of sp³-hybridized carbons (Fsp3) is 0.929. The SMILES string of the molecule is CCN(CC)CCNC1(C(N)=O)CCN(C)C(C)C1. The topological polar surface area (TPSA) is 61.6 Å². The van der Waals surface area contributed by atoms with Crippen LogP contribution in [0.2, 0.25) is 0 Å². The Morgan fingerprint density at radius 1 is 1.47 bits per heavy atom. The van der Waals surface area contributed by atoms with E-state index in [1.54, 1.807) is 0 Å². The van der Waals surface area contributed by atoms with E-state index in [9.17, 15) is 4.79 Å². The summed E-state index contributed by atoms with van der Waals surface area (Å²) in [5.41, 5.74) is 5.14. The van der Waals surface area contributed by atoms with Gasteiger partial charge in [-0.3, -0.25) is 4.79 Å². The number of likely N-dealkylation sites (N-methyl/N-ethyl adjacent to an activating group) is 1. The first-order valence-electron chi connectivity index (χ1n) is 7.42. The standard InChI is InChI=1S/C14H30N4O/c1-5-18(6-2)10-8-16-14(13(15)19)7-9-17(4)12(3)11-14/h12,16H,5-11H2,1-4H3,(H2,15,19). The predicted molar refractivity (Wildman–Crippen MR) is 79.0 cm³/mol. The summed E-state index contributed by atoms with van der Waals surface area (Å²) < 4.78 is 0. The second-order valence-electron chi connectivity index (χ2n) is 5.68. The van der Waals surface area contributed by atoms with Gasteiger partial charge in [0.25, 0.3) is 0 Å². The largest absolute Gasteiger partial charge is 0.368 e. The molecule has 1 saturated heterocycles. The Morgan fingerprint density at radius 2 is 2.11 bits per heavy atom. The van der Waals surface area contributed by atoms with E-state index in [4.69, 9.17) is 5.73 Å². The molecule has 2 unspecified atom stereocenters. The lowest BCUT2D eigenvalue weighted by molar-refractivity contribution is -0.127. The first-order chi connectivity index (χ1) is 8.95. The molecule has 1 aliphatic heterocycles. The minimum absolute atomic E-state index is 0.202. The number of primary amides is 1. The van der Waals surface area contributed by atoms with Crippen molar-refractivity contribution < 1.29 is 4.79 Å². The summed E-state index contributed by atoms with van der Waals surface area (Å²) in [6.45, 7) is 11.3. The van der Waals surface area contributed by atoms with Crippen molar-refractivity contribution >= 4 is 5.91 Å². The highest BCUT2D eigenvalue weighted by molar-refractivity contribution is 5.84. The molecule has 1 heterocycles. The lowest BCUT2D eigenvalue weighted by Gasteiger charge is -2.43. The van der Waals surface area contributed by atoms with Gasteiger partial charge in [-0.2, -0.15) is 0 Å². The zero-order valence-electron chi connectivity index (χ0n) is 12.9. The Kier molecular flexibility index (Phi) is 6.23. The summed E-state index contributed by atoms with van der Waals surface area (Å²) >= 11 is 0. The molecule has 5 heteroatoms. The zero-order valence-corrected chi connectivity index (χ0v) is 12.9. The Bertz CT molecular complexity index is 293. The van der Waals surface area contributed by atoms with Crippen molar-refractivity contribution in [2.45, 2.75) is 45.2 Å². The maximum atomic E-state index is 11.9. The van der Waals surface area contributed by atoms with Crippen LogP contribution in [0, 0.1) is 0 Å². The average molecular weight is 270 g/mol. The summed E-state index contributed by atoms with van der Waals surface area (Å²) in [7, 11) is 2.10. The van der Waals surface area contributed by atoms with Crippen molar-refractivity contribution in [1.82, 2.24) is 15.1 Å². The van der Waals surface area contributed by atoms with Crippen molar-refractivity contribution in [2.24, 2.45) is 5.73 Å². The second-order valence-corrected chi connectivity index (χ2v) is 5.68. The molecule has 0 spiro atoms. The minimum Gasteiger partial charge on any atom is -0.368 e. The van der Waals surface area contributed by atoms with Gasteiger partial charge in [-0.05, 0) is 39.9 Å². The van der Waals surface area contributed by atoms with Crippen LogP contribution in [-0.4, -0.2) is 67.1 Å². The third kappa shape index (κ3) is 4.16. The van der Waals surface area contributed by atoms with E-state index >= 15 is 0 Å². The molecule has 0 aromatic carbocycles. The van der Waals surface area contributed by atoms with Gasteiger partial charge >= 0.3 is 0 Å². The minimum atomic E-state index is -0.515. The van der Waals surface area contributed by atoms with Crippen molar-refractivity contribution in [2.75, 3.05) is 39.8 Å². The van der Waals surface area contributed by atoms with Gasteiger partial charge in [0.1, 0.15) is 5.54 Å². The Hall–Kier alpha value is -0.650. The predicted octanol–water partition coefficient (Wildman–Crippen LogP) is 0.256. The van der Waals surface area contributed by atoms with Gasteiger partial charge in [0.15, 0.2) is 0 Å². The maximum absolute atomic E-state index is 11.9. The van der Waals surface area contributed by atoms with Gasteiger partial charge in [-0.15, -0.1) is 0 Å². The van der Waals surface area contributed by atoms with Crippen LogP contribution >= 0.6 is 0 Å². The molecule has 2 atom stereocenters. The van der Waals surface area contributed by atoms with Crippen LogP contribution in [0.5, 0.6) is 0 Å². The van der Waals surface area contributed by atoms with Gasteiger partial charge < -0.3 is 20.9 Å². The lowest BCUT2D eigenvalue weighted by atomic mass is 9.83. The van der Waals surface area contributed by atoms with Crippen LogP contribution in [0.3, 0.4) is 0 Å². The number of carbonyl (C=O) groups is 1. The number of hydrogen-bond donors (Lipinski definition) is 2. The highest BCUT2D eigenvalue weighted by atomic mass is 16.1. The molecule has 112 valence electrons. The highest BCUT2D eigenvalue weighted by Crippen LogP contribution is 2.25. The van der Waals surface area contributed by atoms with E-state index in [2.05, 4.69) is 42.9 Å². The fourth-order valence-electron chi connectivity index (χ4n) is 2.81. The molecule has 0 aliphatic carbocycles. The third-order valence-corrected chi connectivity index (χ3v) is 4.55. The monoisotopic (exact) mass is 270 g/mol. The smallest absolute Gasteiger partial charge is 0.237 e. The summed E-state index contributed by atoms with van der Waals surface area (Å²) in [6.07, 6.45) is 1.61. The molecule has 3 N–H and O–H groups in total. The third-order valence-electron chi connectivity index (χ3n) is 4.55. The van der Waals surface area contributed by atoms with E-state index in [0.29, 0.717) is 6.04 Å². The van der Waals surface area contributed by atoms with Crippen LogP contribution in [0.1, 0.15) is 33.6 Å². The Morgan fingerprint density at radius 3 is 2.58 bits per heavy atom. The number of nitrogens with zero attached hydrogens (tertiary/aromatic N) is 2. The molecule has 0 aromatic rings. The molecule has 0 saturated carbocycles. The molecule has 1 fully saturated rings. The number of nitrogens with two attached hydrogens (primary N) is 1. The molecular weight excluding hydrogens is 240 g/mol. The number of hydrogen-bond acceptors (Lipinski definition) is 4. The Balaban J connectivity index is 2.56. The summed E-state index contributed by atoms with van der Waals surface area (Å²) in [5.74, 6) is -0.202. The number of piperidine rings is 1. The molecule has 0 radical (unpaired) electrons. The molecule has 0 bridgehead atoms. The number of rotatable bonds is 7. The average Bonchev–Trinajstić information content (AvgIpc) is 2.39. The molecule has 19 heavy (non-hydrogen) atoms. The molecule has 0 aromatic heterocycles. The van der Waals surface area contributed by atoms with E-state index in [0.717, 1.165) is 45.6 Å². The number of carbonyl (C=O) groups excluding carboxylic acids is 1. The normalized spacial score (nSPS) is 28.8. The summed E-state index contributed by atoms with van der Waals surface area (Å²) in [4.78, 5) is 16.5. The summed E-state index contributed by atoms with van der Waals surface area (Å²) in [5, 5.41) is 3.44. The summed E-state index contributed by atoms with van der Waals surface area (Å²) in [6, 6.07) is 0.391. The van der Waals surface area contributed by atoms with Crippen molar-refractivity contribution in [3.63, 3.8) is 0 Å². The van der Waals surface area contributed by atoms with Gasteiger partial charge in [-0.25, -0.2) is 0 Å². The van der Waals surface area contributed by atoms with E-state index in [1.807, 2.05) is 0 Å². The molecule has 5 nitrogen and oxygen atoms in total. The van der Waals surface area contributed by atoms with Crippen LogP contribution in [0.4, 0.5) is 0 Å². The van der Waals surface area contributed by atoms with Gasteiger partial charge in [-0.1, -0.05) is 13.8 Å². The van der Waals surface area contributed by atoms with Crippen LogP contribution in [-0.2, 0) is 4.79 Å². The van der Waals surface area contributed by atoms with E-state index in [1.165, 1.54) is 0 Å². The fourth-order valence-corrected chi connectivity index (χ4v) is 2.81. The number of nitrogens with one attached hydrogen (secondary N) is 1. The van der Waals surface area contributed by atoms with E-state index < -0.39 is 5.54 Å². The first-order valence-corrected chi connectivity index (χ1v) is 7.42. The van der Waals surface area contributed by atoms with Crippen molar-refractivity contribution in [3.8, 4) is 0 Å². The van der Waals surface area contributed by atoms with Crippen LogP contribution < -0.4 is 11.1 Å². The van der Waals surface area contributed by atoms with Gasteiger partial charge in [0.2, 0.25) is 5.91 Å². The second kappa shape index (κ2) is 7.22. The van der Waals surface area contributed by atoms with E-state index in [-0.39, 0.29) is 5.91 Å². The highest BCUT2D eigenvalue weighted by Gasteiger charge is 2.41. The first kappa shape index (κ1) is 16.4. The van der Waals surface area contributed by atoms with Crippen LogP contribution in [0.25, 0.3) is 0 Å². The molecule has 1 rings (SSSR count). The van der Waals surface area contributed by atoms with Gasteiger partial charge in [0.05, 0.1) is 0 Å². The zero-order chi connectivity index (χ0) is 14.5. The lowest BCUT2D eigenvalue weighted by Crippen LogP contribution is -2.63. The molecular formula is C14H30N4O. The maximum Gasteiger partial charge on any atom is 0.237 e.